The number of hydrogen-bond donors (Lipinski definition) is 2. The second kappa shape index (κ2) is 8.52. The molecule has 0 bridgehead atoms. The lowest BCUT2D eigenvalue weighted by Gasteiger charge is -2.30. The number of hydrogen-bond acceptors (Lipinski definition) is 4. The van der Waals surface area contributed by atoms with Crippen LogP contribution in [0, 0.1) is 0 Å². The molecule has 23 heavy (non-hydrogen) atoms. The summed E-state index contributed by atoms with van der Waals surface area (Å²) in [7, 11) is -3.35. The van der Waals surface area contributed by atoms with Crippen LogP contribution in [0.15, 0.2) is 24.3 Å². The van der Waals surface area contributed by atoms with Crippen molar-refractivity contribution in [1.82, 2.24) is 4.90 Å². The van der Waals surface area contributed by atoms with Crippen molar-refractivity contribution < 1.29 is 13.2 Å². The van der Waals surface area contributed by atoms with Gasteiger partial charge in [0, 0.05) is 30.4 Å². The third kappa shape index (κ3) is 5.67. The maximum atomic E-state index is 12.5. The van der Waals surface area contributed by atoms with Crippen molar-refractivity contribution in [3.8, 4) is 0 Å². The minimum atomic E-state index is -3.35. The zero-order valence-corrected chi connectivity index (χ0v) is 14.8. The van der Waals surface area contributed by atoms with Crippen LogP contribution in [0.4, 0.5) is 5.69 Å². The molecule has 1 amide bonds. The van der Waals surface area contributed by atoms with Crippen molar-refractivity contribution in [1.29, 1.82) is 0 Å². The summed E-state index contributed by atoms with van der Waals surface area (Å²) >= 11 is 0. The van der Waals surface area contributed by atoms with Crippen molar-refractivity contribution in [2.75, 3.05) is 23.6 Å². The normalized spacial score (nSPS) is 15.8. The second-order valence-electron chi connectivity index (χ2n) is 5.63. The van der Waals surface area contributed by atoms with Crippen molar-refractivity contribution >= 4 is 34.0 Å². The summed E-state index contributed by atoms with van der Waals surface area (Å²) < 4.78 is 26.1. The molecular weight excluding hydrogens is 338 g/mol. The standard InChI is InChI=1S/C15H23N3O3S.ClH/c1-2-10-22(20,21)17-14-5-3-4-12(11-14)15(19)18-8-6-13(16)7-9-18;/h3-5,11,13,17H,2,6-10,16H2,1H3;1H. The van der Waals surface area contributed by atoms with Gasteiger partial charge < -0.3 is 10.6 Å². The third-order valence-corrected chi connectivity index (χ3v) is 5.17. The largest absolute Gasteiger partial charge is 0.339 e. The molecule has 6 nitrogen and oxygen atoms in total. The molecule has 0 saturated carbocycles. The lowest BCUT2D eigenvalue weighted by atomic mass is 10.0. The Hall–Kier alpha value is -1.31. The lowest BCUT2D eigenvalue weighted by molar-refractivity contribution is 0.0715. The Morgan fingerprint density at radius 2 is 2.00 bits per heavy atom. The fourth-order valence-corrected chi connectivity index (χ4v) is 3.63. The van der Waals surface area contributed by atoms with Gasteiger partial charge in [-0.2, -0.15) is 0 Å². The molecule has 1 fully saturated rings. The predicted molar refractivity (Wildman–Crippen MR) is 94.5 cm³/mol. The highest BCUT2D eigenvalue weighted by Crippen LogP contribution is 2.17. The van der Waals surface area contributed by atoms with Crippen LogP contribution >= 0.6 is 12.4 Å². The minimum absolute atomic E-state index is 0. The van der Waals surface area contributed by atoms with E-state index in [1.807, 2.05) is 0 Å². The van der Waals surface area contributed by atoms with E-state index in [0.29, 0.717) is 30.8 Å². The van der Waals surface area contributed by atoms with Crippen LogP contribution in [0.2, 0.25) is 0 Å². The molecule has 1 aromatic carbocycles. The quantitative estimate of drug-likeness (QED) is 0.836. The molecule has 8 heteroatoms. The molecule has 0 aromatic heterocycles. The molecule has 1 aliphatic heterocycles. The molecule has 0 atom stereocenters. The van der Waals surface area contributed by atoms with E-state index in [0.717, 1.165) is 12.8 Å². The van der Waals surface area contributed by atoms with E-state index in [4.69, 9.17) is 5.73 Å². The SMILES string of the molecule is CCCS(=O)(=O)Nc1cccc(C(=O)N2CCC(N)CC2)c1.Cl. The first-order valence-electron chi connectivity index (χ1n) is 7.56. The number of rotatable bonds is 5. The zero-order valence-electron chi connectivity index (χ0n) is 13.2. The van der Waals surface area contributed by atoms with E-state index in [1.165, 1.54) is 0 Å². The molecule has 0 aliphatic carbocycles. The molecule has 1 heterocycles. The van der Waals surface area contributed by atoms with Crippen LogP contribution in [-0.4, -0.2) is 44.1 Å². The number of benzene rings is 1. The van der Waals surface area contributed by atoms with Crippen LogP contribution in [-0.2, 0) is 10.0 Å². The summed E-state index contributed by atoms with van der Waals surface area (Å²) in [6.45, 7) is 3.10. The van der Waals surface area contributed by atoms with E-state index in [1.54, 1.807) is 36.1 Å². The van der Waals surface area contributed by atoms with Gasteiger partial charge in [-0.1, -0.05) is 13.0 Å². The number of nitrogens with two attached hydrogens (primary N) is 1. The molecule has 2 rings (SSSR count). The fraction of sp³-hybridized carbons (Fsp3) is 0.533. The Morgan fingerprint density at radius 3 is 2.61 bits per heavy atom. The number of halogens is 1. The van der Waals surface area contributed by atoms with E-state index in [9.17, 15) is 13.2 Å². The summed E-state index contributed by atoms with van der Waals surface area (Å²) in [5.74, 6) is -0.0155. The van der Waals surface area contributed by atoms with Gasteiger partial charge in [-0.3, -0.25) is 9.52 Å². The van der Waals surface area contributed by atoms with Crippen molar-refractivity contribution in [3.63, 3.8) is 0 Å². The van der Waals surface area contributed by atoms with E-state index < -0.39 is 10.0 Å². The number of nitrogens with one attached hydrogen (secondary N) is 1. The van der Waals surface area contributed by atoms with Crippen molar-refractivity contribution in [3.05, 3.63) is 29.8 Å². The zero-order chi connectivity index (χ0) is 16.2. The molecule has 1 saturated heterocycles. The number of piperidine rings is 1. The number of amides is 1. The van der Waals surface area contributed by atoms with Crippen molar-refractivity contribution in [2.45, 2.75) is 32.2 Å². The molecule has 1 aliphatic rings. The Morgan fingerprint density at radius 1 is 1.35 bits per heavy atom. The first-order valence-corrected chi connectivity index (χ1v) is 9.22. The summed E-state index contributed by atoms with van der Waals surface area (Å²) in [5, 5.41) is 0. The topological polar surface area (TPSA) is 92.5 Å². The summed E-state index contributed by atoms with van der Waals surface area (Å²) in [6.07, 6.45) is 2.14. The number of sulfonamides is 1. The van der Waals surface area contributed by atoms with Gasteiger partial charge >= 0.3 is 0 Å². The maximum absolute atomic E-state index is 12.5. The average molecular weight is 362 g/mol. The van der Waals surface area contributed by atoms with Crippen molar-refractivity contribution in [2.24, 2.45) is 5.73 Å². The van der Waals surface area contributed by atoms with Gasteiger partial charge in [0.05, 0.1) is 5.75 Å². The lowest BCUT2D eigenvalue weighted by Crippen LogP contribution is -2.42. The predicted octanol–water partition coefficient (Wildman–Crippen LogP) is 1.82. The van der Waals surface area contributed by atoms with Crippen LogP contribution in [0.1, 0.15) is 36.5 Å². The summed E-state index contributed by atoms with van der Waals surface area (Å²) in [4.78, 5) is 14.2. The number of carbonyl (C=O) groups is 1. The van der Waals surface area contributed by atoms with E-state index in [2.05, 4.69) is 4.72 Å². The molecule has 130 valence electrons. The highest BCUT2D eigenvalue weighted by Gasteiger charge is 2.22. The molecular formula is C15H24ClN3O3S. The molecule has 0 radical (unpaired) electrons. The first-order chi connectivity index (χ1) is 10.4. The van der Waals surface area contributed by atoms with E-state index >= 15 is 0 Å². The Bertz CT molecular complexity index is 629. The number of anilines is 1. The Balaban J connectivity index is 0.00000264. The Kier molecular flexibility index (Phi) is 7.31. The van der Waals surface area contributed by atoms with Gasteiger partial charge in [0.2, 0.25) is 10.0 Å². The number of nitrogens with zero attached hydrogens (tertiary/aromatic N) is 1. The average Bonchev–Trinajstić information content (AvgIpc) is 2.47. The molecule has 3 N–H and O–H groups in total. The summed E-state index contributed by atoms with van der Waals surface area (Å²) in [5.41, 5.74) is 6.76. The highest BCUT2D eigenvalue weighted by molar-refractivity contribution is 7.92. The fourth-order valence-electron chi connectivity index (χ4n) is 2.50. The van der Waals surface area contributed by atoms with Crippen LogP contribution in [0.25, 0.3) is 0 Å². The monoisotopic (exact) mass is 361 g/mol. The molecule has 0 spiro atoms. The van der Waals surface area contributed by atoms with Crippen LogP contribution in [0.5, 0.6) is 0 Å². The Labute approximate surface area is 143 Å². The van der Waals surface area contributed by atoms with E-state index in [-0.39, 0.29) is 30.1 Å². The molecule has 0 unspecified atom stereocenters. The van der Waals surface area contributed by atoms with Gasteiger partial charge in [0.15, 0.2) is 0 Å². The first kappa shape index (κ1) is 19.7. The minimum Gasteiger partial charge on any atom is -0.339 e. The number of carbonyl (C=O) groups excluding carboxylic acids is 1. The van der Waals surface area contributed by atoms with Gasteiger partial charge in [0.1, 0.15) is 0 Å². The third-order valence-electron chi connectivity index (χ3n) is 3.68. The maximum Gasteiger partial charge on any atom is 0.253 e. The van der Waals surface area contributed by atoms with Gasteiger partial charge in [-0.05, 0) is 37.5 Å². The molecule has 1 aromatic rings. The van der Waals surface area contributed by atoms with Crippen LogP contribution in [0.3, 0.4) is 0 Å². The van der Waals surface area contributed by atoms with Crippen LogP contribution < -0.4 is 10.5 Å². The van der Waals surface area contributed by atoms with Gasteiger partial charge in [-0.15, -0.1) is 12.4 Å². The van der Waals surface area contributed by atoms with Gasteiger partial charge in [-0.25, -0.2) is 8.42 Å². The smallest absolute Gasteiger partial charge is 0.253 e. The summed E-state index contributed by atoms with van der Waals surface area (Å²) in [6, 6.07) is 6.79. The van der Waals surface area contributed by atoms with Gasteiger partial charge in [0.25, 0.3) is 5.91 Å². The second-order valence-corrected chi connectivity index (χ2v) is 7.47. The highest BCUT2D eigenvalue weighted by atomic mass is 35.5. The number of likely N-dealkylation sites (tertiary alicyclic amines) is 1.